The molecular formula is C30H35Cl2N3O5S. The fraction of sp³-hybridized carbons (Fsp3) is 0.333. The summed E-state index contributed by atoms with van der Waals surface area (Å²) in [4.78, 5) is 28.7. The second-order valence-corrected chi connectivity index (χ2v) is 12.6. The van der Waals surface area contributed by atoms with Gasteiger partial charge in [0.25, 0.3) is 10.0 Å². The van der Waals surface area contributed by atoms with Crippen molar-refractivity contribution in [3.63, 3.8) is 0 Å². The van der Waals surface area contributed by atoms with E-state index in [1.165, 1.54) is 35.2 Å². The average Bonchev–Trinajstić information content (AvgIpc) is 2.91. The molecule has 2 amide bonds. The van der Waals surface area contributed by atoms with Gasteiger partial charge in [-0.3, -0.25) is 13.9 Å². The Labute approximate surface area is 252 Å². The van der Waals surface area contributed by atoms with Gasteiger partial charge in [0.2, 0.25) is 11.8 Å². The zero-order valence-corrected chi connectivity index (χ0v) is 26.1. The molecule has 1 N–H and O–H groups in total. The number of anilines is 1. The Morgan fingerprint density at radius 2 is 1.54 bits per heavy atom. The molecule has 0 saturated carbocycles. The van der Waals surface area contributed by atoms with Crippen LogP contribution in [0.3, 0.4) is 0 Å². The first-order valence-electron chi connectivity index (χ1n) is 13.1. The molecule has 0 aliphatic heterocycles. The van der Waals surface area contributed by atoms with Crippen molar-refractivity contribution in [3.05, 3.63) is 87.9 Å². The Balaban J connectivity index is 2.09. The molecular weight excluding hydrogens is 585 g/mol. The Hall–Kier alpha value is -3.27. The first-order chi connectivity index (χ1) is 19.3. The van der Waals surface area contributed by atoms with Gasteiger partial charge in [0.05, 0.1) is 17.7 Å². The van der Waals surface area contributed by atoms with Gasteiger partial charge in [-0.05, 0) is 75.2 Å². The van der Waals surface area contributed by atoms with E-state index in [1.807, 2.05) is 20.8 Å². The number of nitrogens with zero attached hydrogens (tertiary/aromatic N) is 2. The summed E-state index contributed by atoms with van der Waals surface area (Å²) in [5, 5.41) is 3.30. The number of nitrogens with one attached hydrogen (secondary N) is 1. The molecule has 3 aromatic rings. The van der Waals surface area contributed by atoms with E-state index in [-0.39, 0.29) is 39.1 Å². The monoisotopic (exact) mass is 619 g/mol. The summed E-state index contributed by atoms with van der Waals surface area (Å²) >= 11 is 12.5. The third-order valence-corrected chi connectivity index (χ3v) is 8.58. The number of rotatable bonds is 12. The van der Waals surface area contributed by atoms with Crippen molar-refractivity contribution >= 4 is 50.7 Å². The third-order valence-electron chi connectivity index (χ3n) is 6.35. The normalized spacial score (nSPS) is 12.1. The Bertz CT molecular complexity index is 1440. The SMILES string of the molecule is CC[C@H](C(=O)NC(C)C)N(Cc1ccc(OC)cc1)C(=O)CN(c1cc(Cl)cc(Cl)c1)S(=O)(=O)c1ccc(C)cc1. The molecule has 0 aromatic heterocycles. The molecule has 0 aliphatic carbocycles. The largest absolute Gasteiger partial charge is 0.497 e. The van der Waals surface area contributed by atoms with E-state index in [4.69, 9.17) is 27.9 Å². The van der Waals surface area contributed by atoms with Gasteiger partial charge in [-0.2, -0.15) is 0 Å². The predicted octanol–water partition coefficient (Wildman–Crippen LogP) is 5.84. The molecule has 0 saturated heterocycles. The van der Waals surface area contributed by atoms with Gasteiger partial charge in [0, 0.05) is 22.6 Å². The van der Waals surface area contributed by atoms with E-state index in [1.54, 1.807) is 50.4 Å². The molecule has 11 heteroatoms. The Kier molecular flexibility index (Phi) is 11.1. The van der Waals surface area contributed by atoms with Gasteiger partial charge in [-0.1, -0.05) is 60.0 Å². The highest BCUT2D eigenvalue weighted by Crippen LogP contribution is 2.30. The Morgan fingerprint density at radius 1 is 0.951 bits per heavy atom. The third kappa shape index (κ3) is 8.38. The lowest BCUT2D eigenvalue weighted by Gasteiger charge is -2.33. The quantitative estimate of drug-likeness (QED) is 0.275. The maximum Gasteiger partial charge on any atom is 0.264 e. The lowest BCUT2D eigenvalue weighted by atomic mass is 10.1. The molecule has 0 fully saturated rings. The van der Waals surface area contributed by atoms with Crippen molar-refractivity contribution in [3.8, 4) is 5.75 Å². The first-order valence-corrected chi connectivity index (χ1v) is 15.3. The minimum absolute atomic E-state index is 0.00158. The molecule has 0 bridgehead atoms. The van der Waals surface area contributed by atoms with Crippen molar-refractivity contribution in [2.75, 3.05) is 18.0 Å². The minimum Gasteiger partial charge on any atom is -0.497 e. The molecule has 0 spiro atoms. The fourth-order valence-corrected chi connectivity index (χ4v) is 6.19. The lowest BCUT2D eigenvalue weighted by molar-refractivity contribution is -0.140. The molecule has 0 heterocycles. The van der Waals surface area contributed by atoms with Crippen LogP contribution in [0.4, 0.5) is 5.69 Å². The first kappa shape index (κ1) is 32.2. The topological polar surface area (TPSA) is 96.0 Å². The van der Waals surface area contributed by atoms with Gasteiger partial charge in [-0.25, -0.2) is 8.42 Å². The van der Waals surface area contributed by atoms with E-state index in [2.05, 4.69) is 5.32 Å². The maximum absolute atomic E-state index is 14.1. The summed E-state index contributed by atoms with van der Waals surface area (Å²) in [5.41, 5.74) is 1.75. The van der Waals surface area contributed by atoms with Gasteiger partial charge in [-0.15, -0.1) is 0 Å². The highest BCUT2D eigenvalue weighted by Gasteiger charge is 2.34. The molecule has 3 rings (SSSR count). The summed E-state index contributed by atoms with van der Waals surface area (Å²) in [7, 11) is -2.68. The van der Waals surface area contributed by atoms with Crippen molar-refractivity contribution in [1.82, 2.24) is 10.2 Å². The lowest BCUT2D eigenvalue weighted by Crippen LogP contribution is -2.53. The summed E-state index contributed by atoms with van der Waals surface area (Å²) in [5.74, 6) is -0.258. The fourth-order valence-electron chi connectivity index (χ4n) is 4.28. The van der Waals surface area contributed by atoms with Crippen molar-refractivity contribution in [2.45, 2.75) is 57.6 Å². The molecule has 220 valence electrons. The van der Waals surface area contributed by atoms with Crippen molar-refractivity contribution < 1.29 is 22.7 Å². The number of aryl methyl sites for hydroxylation is 1. The smallest absolute Gasteiger partial charge is 0.264 e. The van der Waals surface area contributed by atoms with E-state index in [9.17, 15) is 18.0 Å². The van der Waals surface area contributed by atoms with Gasteiger partial charge < -0.3 is 15.0 Å². The predicted molar refractivity (Wildman–Crippen MR) is 163 cm³/mol. The summed E-state index contributed by atoms with van der Waals surface area (Å²) < 4.78 is 34.1. The molecule has 0 aliphatic rings. The number of carbonyl (C=O) groups is 2. The maximum atomic E-state index is 14.1. The van der Waals surface area contributed by atoms with E-state index in [0.717, 1.165) is 15.4 Å². The van der Waals surface area contributed by atoms with E-state index < -0.39 is 28.5 Å². The molecule has 0 radical (unpaired) electrons. The second kappa shape index (κ2) is 14.1. The Morgan fingerprint density at radius 3 is 2.05 bits per heavy atom. The zero-order valence-electron chi connectivity index (χ0n) is 23.7. The average molecular weight is 621 g/mol. The molecule has 3 aromatic carbocycles. The summed E-state index contributed by atoms with van der Waals surface area (Å²) in [6.07, 6.45) is 0.314. The van der Waals surface area contributed by atoms with E-state index in [0.29, 0.717) is 12.2 Å². The van der Waals surface area contributed by atoms with Gasteiger partial charge in [0.1, 0.15) is 18.3 Å². The van der Waals surface area contributed by atoms with Crippen LogP contribution in [-0.4, -0.2) is 50.9 Å². The van der Waals surface area contributed by atoms with Crippen LogP contribution in [0.25, 0.3) is 0 Å². The number of carbonyl (C=O) groups excluding carboxylic acids is 2. The molecule has 1 atom stereocenters. The molecule has 41 heavy (non-hydrogen) atoms. The van der Waals surface area contributed by atoms with Crippen molar-refractivity contribution in [1.29, 1.82) is 0 Å². The number of ether oxygens (including phenoxy) is 1. The van der Waals surface area contributed by atoms with Crippen LogP contribution in [0.15, 0.2) is 71.6 Å². The number of hydrogen-bond donors (Lipinski definition) is 1. The molecule has 8 nitrogen and oxygen atoms in total. The zero-order chi connectivity index (χ0) is 30.3. The minimum atomic E-state index is -4.24. The number of sulfonamides is 1. The standard InChI is InChI=1S/C30H35Cl2N3O5S/c1-6-28(30(37)33-20(2)3)34(18-22-9-11-26(40-5)12-10-22)29(36)19-35(25-16-23(31)15-24(32)17-25)41(38,39)27-13-7-21(4)8-14-27/h7-17,20,28H,6,18-19H2,1-5H3,(H,33,37)/t28-/m1/s1. The number of halogens is 2. The van der Waals surface area contributed by atoms with Crippen LogP contribution in [0.2, 0.25) is 10.0 Å². The van der Waals surface area contributed by atoms with E-state index >= 15 is 0 Å². The summed E-state index contributed by atoms with van der Waals surface area (Å²) in [6.45, 7) is 6.79. The van der Waals surface area contributed by atoms with Crippen LogP contribution in [0.1, 0.15) is 38.3 Å². The van der Waals surface area contributed by atoms with Gasteiger partial charge >= 0.3 is 0 Å². The van der Waals surface area contributed by atoms with Crippen LogP contribution in [0, 0.1) is 6.92 Å². The van der Waals surface area contributed by atoms with Crippen LogP contribution in [-0.2, 0) is 26.2 Å². The van der Waals surface area contributed by atoms with Crippen LogP contribution < -0.4 is 14.4 Å². The number of hydrogen-bond acceptors (Lipinski definition) is 5. The summed E-state index contributed by atoms with van der Waals surface area (Å²) in [6, 6.07) is 16.8. The van der Waals surface area contributed by atoms with Crippen molar-refractivity contribution in [2.24, 2.45) is 0 Å². The second-order valence-electron chi connectivity index (χ2n) is 9.91. The highest BCUT2D eigenvalue weighted by atomic mass is 35.5. The number of benzene rings is 3. The number of methoxy groups -OCH3 is 1. The van der Waals surface area contributed by atoms with Crippen LogP contribution in [0.5, 0.6) is 5.75 Å². The number of amides is 2. The van der Waals surface area contributed by atoms with Gasteiger partial charge in [0.15, 0.2) is 0 Å². The van der Waals surface area contributed by atoms with Crippen LogP contribution >= 0.6 is 23.2 Å². The highest BCUT2D eigenvalue weighted by molar-refractivity contribution is 7.92. The molecule has 0 unspecified atom stereocenters.